The second-order valence-corrected chi connectivity index (χ2v) is 7.55. The fraction of sp³-hybridized carbons (Fsp3) is 0.333. The molecule has 0 spiro atoms. The van der Waals surface area contributed by atoms with Gasteiger partial charge < -0.3 is 14.6 Å². The normalized spacial score (nSPS) is 15.0. The maximum atomic E-state index is 13.0. The number of para-hydroxylation sites is 2. The third-order valence-corrected chi connectivity index (χ3v) is 5.42. The highest BCUT2D eigenvalue weighted by atomic mass is 19.1. The average Bonchev–Trinajstić information content (AvgIpc) is 3.15. The van der Waals surface area contributed by atoms with Crippen LogP contribution in [0.15, 0.2) is 54.6 Å². The molecule has 0 atom stereocenters. The molecule has 0 saturated carbocycles. The van der Waals surface area contributed by atoms with E-state index in [9.17, 15) is 9.18 Å². The molecule has 6 nitrogen and oxygen atoms in total. The van der Waals surface area contributed by atoms with Crippen molar-refractivity contribution in [1.82, 2.24) is 19.8 Å². The highest BCUT2D eigenvalue weighted by molar-refractivity contribution is 5.91. The fourth-order valence-corrected chi connectivity index (χ4v) is 3.73. The molecule has 3 aromatic rings. The topological polar surface area (TPSA) is 59.4 Å². The molecule has 4 rings (SSSR count). The number of fused-ring (bicyclic) bond motifs is 1. The Hall–Kier alpha value is -3.03. The first-order valence-electron chi connectivity index (χ1n) is 10.6. The highest BCUT2D eigenvalue weighted by Crippen LogP contribution is 2.16. The van der Waals surface area contributed by atoms with Crippen molar-refractivity contribution in [3.63, 3.8) is 0 Å². The molecular formula is C24H27FN4O2. The highest BCUT2D eigenvalue weighted by Gasteiger charge is 2.14. The summed E-state index contributed by atoms with van der Waals surface area (Å²) in [4.78, 5) is 19.3. The lowest BCUT2D eigenvalue weighted by Gasteiger charge is -2.27. The van der Waals surface area contributed by atoms with E-state index in [1.54, 1.807) is 18.2 Å². The number of hydrogen-bond donors (Lipinski definition) is 1. The zero-order chi connectivity index (χ0) is 21.5. The van der Waals surface area contributed by atoms with Crippen LogP contribution in [-0.2, 0) is 22.5 Å². The molecule has 0 bridgehead atoms. The number of aromatic nitrogens is 2. The van der Waals surface area contributed by atoms with Gasteiger partial charge in [0.05, 0.1) is 24.2 Å². The van der Waals surface area contributed by atoms with Gasteiger partial charge in [0.1, 0.15) is 11.6 Å². The number of amides is 1. The van der Waals surface area contributed by atoms with Crippen molar-refractivity contribution in [2.24, 2.45) is 0 Å². The molecule has 1 aliphatic heterocycles. The smallest absolute Gasteiger partial charge is 0.244 e. The molecule has 1 N–H and O–H groups in total. The van der Waals surface area contributed by atoms with Crippen molar-refractivity contribution in [2.45, 2.75) is 13.0 Å². The second kappa shape index (κ2) is 10.3. The van der Waals surface area contributed by atoms with Crippen LogP contribution in [0.3, 0.4) is 0 Å². The van der Waals surface area contributed by atoms with Gasteiger partial charge in [0.25, 0.3) is 0 Å². The van der Waals surface area contributed by atoms with Gasteiger partial charge in [-0.05, 0) is 35.9 Å². The zero-order valence-corrected chi connectivity index (χ0v) is 17.5. The summed E-state index contributed by atoms with van der Waals surface area (Å²) in [7, 11) is 0. The Morgan fingerprint density at radius 1 is 1.10 bits per heavy atom. The zero-order valence-electron chi connectivity index (χ0n) is 17.5. The molecule has 1 aliphatic rings. The van der Waals surface area contributed by atoms with E-state index >= 15 is 0 Å². The second-order valence-electron chi connectivity index (χ2n) is 7.55. The third kappa shape index (κ3) is 5.77. The summed E-state index contributed by atoms with van der Waals surface area (Å²) < 4.78 is 20.7. The number of imidazole rings is 1. The number of nitrogens with one attached hydrogen (secondary N) is 1. The summed E-state index contributed by atoms with van der Waals surface area (Å²) in [6.45, 7) is 5.78. The first-order valence-corrected chi connectivity index (χ1v) is 10.6. The van der Waals surface area contributed by atoms with Crippen molar-refractivity contribution >= 4 is 23.0 Å². The molecule has 1 amide bonds. The first-order chi connectivity index (χ1) is 15.2. The van der Waals surface area contributed by atoms with Gasteiger partial charge in [0.15, 0.2) is 0 Å². The van der Waals surface area contributed by atoms with Gasteiger partial charge >= 0.3 is 0 Å². The van der Waals surface area contributed by atoms with Crippen LogP contribution in [0.2, 0.25) is 0 Å². The molecule has 7 heteroatoms. The molecule has 1 saturated heterocycles. The summed E-state index contributed by atoms with van der Waals surface area (Å²) in [5.41, 5.74) is 2.87. The van der Waals surface area contributed by atoms with E-state index in [0.717, 1.165) is 61.8 Å². The van der Waals surface area contributed by atoms with E-state index < -0.39 is 0 Å². The first kappa shape index (κ1) is 21.2. The molecule has 0 radical (unpaired) electrons. The van der Waals surface area contributed by atoms with Crippen LogP contribution in [-0.4, -0.2) is 59.8 Å². The van der Waals surface area contributed by atoms with Crippen LogP contribution in [0.5, 0.6) is 0 Å². The Morgan fingerprint density at radius 2 is 1.87 bits per heavy atom. The molecule has 162 valence electrons. The van der Waals surface area contributed by atoms with E-state index in [-0.39, 0.29) is 11.7 Å². The van der Waals surface area contributed by atoms with Gasteiger partial charge in [-0.2, -0.15) is 0 Å². The molecule has 0 unspecified atom stereocenters. The summed E-state index contributed by atoms with van der Waals surface area (Å²) in [5.74, 6) is 0.496. The predicted octanol–water partition coefficient (Wildman–Crippen LogP) is 2.88. The number of benzene rings is 2. The molecular weight excluding hydrogens is 395 g/mol. The summed E-state index contributed by atoms with van der Waals surface area (Å²) in [6.07, 6.45) is 3.79. The minimum absolute atomic E-state index is 0.180. The number of halogens is 1. The number of ether oxygens (including phenoxy) is 1. The van der Waals surface area contributed by atoms with Crippen LogP contribution in [0.4, 0.5) is 4.39 Å². The Balaban J connectivity index is 1.36. The average molecular weight is 423 g/mol. The molecule has 1 fully saturated rings. The predicted molar refractivity (Wildman–Crippen MR) is 119 cm³/mol. The molecule has 2 aromatic carbocycles. The lowest BCUT2D eigenvalue weighted by atomic mass is 10.2. The van der Waals surface area contributed by atoms with Crippen molar-refractivity contribution in [3.05, 3.63) is 71.8 Å². The minimum Gasteiger partial charge on any atom is -0.379 e. The number of hydrogen-bond acceptors (Lipinski definition) is 4. The van der Waals surface area contributed by atoms with E-state index in [0.29, 0.717) is 13.0 Å². The van der Waals surface area contributed by atoms with Gasteiger partial charge in [0.2, 0.25) is 5.91 Å². The molecule has 1 aromatic heterocycles. The third-order valence-electron chi connectivity index (χ3n) is 5.42. The van der Waals surface area contributed by atoms with Crippen LogP contribution in [0.1, 0.15) is 11.4 Å². The number of morpholine rings is 1. The maximum Gasteiger partial charge on any atom is 0.244 e. The van der Waals surface area contributed by atoms with E-state index in [2.05, 4.69) is 20.9 Å². The largest absolute Gasteiger partial charge is 0.379 e. The van der Waals surface area contributed by atoms with E-state index in [1.165, 1.54) is 18.2 Å². The van der Waals surface area contributed by atoms with Crippen LogP contribution >= 0.6 is 0 Å². The monoisotopic (exact) mass is 422 g/mol. The van der Waals surface area contributed by atoms with Gasteiger partial charge in [-0.15, -0.1) is 0 Å². The number of rotatable bonds is 8. The van der Waals surface area contributed by atoms with Gasteiger partial charge in [-0.25, -0.2) is 9.37 Å². The lowest BCUT2D eigenvalue weighted by Crippen LogP contribution is -2.38. The Kier molecular flexibility index (Phi) is 7.07. The Morgan fingerprint density at radius 3 is 2.68 bits per heavy atom. The van der Waals surface area contributed by atoms with Gasteiger partial charge in [-0.1, -0.05) is 24.3 Å². The number of carbonyl (C=O) groups excluding carboxylic acids is 1. The lowest BCUT2D eigenvalue weighted by molar-refractivity contribution is -0.116. The Bertz CT molecular complexity index is 1040. The quantitative estimate of drug-likeness (QED) is 0.567. The van der Waals surface area contributed by atoms with E-state index in [4.69, 9.17) is 9.72 Å². The SMILES string of the molecule is O=C(/C=C/c1ccc(F)cc1)NCCc1nc2ccccc2n1CCN1CCOCC1. The molecule has 0 aliphatic carbocycles. The standard InChI is InChI=1S/C24H27FN4O2/c25-20-8-5-19(6-9-20)7-10-24(30)26-12-11-23-27-21-3-1-2-4-22(21)29(23)14-13-28-15-17-31-18-16-28/h1-10H,11-18H2,(H,26,30)/b10-7+. The fourth-order valence-electron chi connectivity index (χ4n) is 3.73. The minimum atomic E-state index is -0.293. The molecule has 2 heterocycles. The van der Waals surface area contributed by atoms with Crippen molar-refractivity contribution in [1.29, 1.82) is 0 Å². The maximum absolute atomic E-state index is 13.0. The molecule has 31 heavy (non-hydrogen) atoms. The summed E-state index contributed by atoms with van der Waals surface area (Å²) >= 11 is 0. The van der Waals surface area contributed by atoms with Crippen molar-refractivity contribution < 1.29 is 13.9 Å². The van der Waals surface area contributed by atoms with Gasteiger partial charge in [-0.3, -0.25) is 9.69 Å². The van der Waals surface area contributed by atoms with E-state index in [1.807, 2.05) is 18.2 Å². The number of nitrogens with zero attached hydrogens (tertiary/aromatic N) is 3. The van der Waals surface area contributed by atoms with Crippen LogP contribution < -0.4 is 5.32 Å². The van der Waals surface area contributed by atoms with Crippen molar-refractivity contribution in [2.75, 3.05) is 39.4 Å². The van der Waals surface area contributed by atoms with Crippen LogP contribution in [0.25, 0.3) is 17.1 Å². The summed E-state index contributed by atoms with van der Waals surface area (Å²) in [6, 6.07) is 14.2. The van der Waals surface area contributed by atoms with Gasteiger partial charge in [0, 0.05) is 45.2 Å². The van der Waals surface area contributed by atoms with Crippen molar-refractivity contribution in [3.8, 4) is 0 Å². The number of carbonyl (C=O) groups is 1. The van der Waals surface area contributed by atoms with Crippen LogP contribution in [0, 0.1) is 5.82 Å². The summed E-state index contributed by atoms with van der Waals surface area (Å²) in [5, 5.41) is 2.91. The Labute approximate surface area is 181 Å².